The van der Waals surface area contributed by atoms with Crippen LogP contribution in [0.5, 0.6) is 0 Å². The number of hydrogen-bond donors (Lipinski definition) is 1. The van der Waals surface area contributed by atoms with E-state index in [1.165, 1.54) is 6.20 Å². The summed E-state index contributed by atoms with van der Waals surface area (Å²) in [5.74, 6) is 0.630. The molecule has 2 aromatic heterocycles. The highest BCUT2D eigenvalue weighted by Gasteiger charge is 2.15. The number of anilines is 1. The molecule has 0 bridgehead atoms. The zero-order chi connectivity index (χ0) is 13.8. The van der Waals surface area contributed by atoms with Crippen molar-refractivity contribution in [3.63, 3.8) is 0 Å². The number of aryl methyl sites for hydroxylation is 1. The SMILES string of the molecule is CCC(Nc1cc(C)c([N+](=O)[O-])cn1)c1nccs1. The summed E-state index contributed by atoms with van der Waals surface area (Å²) in [5, 5.41) is 16.9. The molecule has 0 aliphatic heterocycles. The molecule has 7 heteroatoms. The third-order valence-electron chi connectivity index (χ3n) is 2.76. The van der Waals surface area contributed by atoms with Crippen LogP contribution in [0, 0.1) is 17.0 Å². The smallest absolute Gasteiger partial charge is 0.290 e. The van der Waals surface area contributed by atoms with E-state index in [1.54, 1.807) is 30.5 Å². The van der Waals surface area contributed by atoms with Crippen molar-refractivity contribution in [2.45, 2.75) is 26.3 Å². The van der Waals surface area contributed by atoms with E-state index in [9.17, 15) is 10.1 Å². The number of thiazole rings is 1. The minimum Gasteiger partial charge on any atom is -0.361 e. The predicted octanol–water partition coefficient (Wildman–Crippen LogP) is 3.32. The summed E-state index contributed by atoms with van der Waals surface area (Å²) in [7, 11) is 0. The topological polar surface area (TPSA) is 81.0 Å². The van der Waals surface area contributed by atoms with Crippen LogP contribution < -0.4 is 5.32 Å². The molecule has 0 aromatic carbocycles. The van der Waals surface area contributed by atoms with Gasteiger partial charge >= 0.3 is 0 Å². The Morgan fingerprint density at radius 1 is 1.53 bits per heavy atom. The van der Waals surface area contributed by atoms with Crippen LogP contribution in [0.25, 0.3) is 0 Å². The molecule has 0 spiro atoms. The van der Waals surface area contributed by atoms with Gasteiger partial charge in [0.1, 0.15) is 17.0 Å². The van der Waals surface area contributed by atoms with Crippen LogP contribution in [0.1, 0.15) is 30.0 Å². The quantitative estimate of drug-likeness (QED) is 0.670. The lowest BCUT2D eigenvalue weighted by atomic mass is 10.2. The van der Waals surface area contributed by atoms with Gasteiger partial charge in [-0.3, -0.25) is 10.1 Å². The lowest BCUT2D eigenvalue weighted by molar-refractivity contribution is -0.385. The van der Waals surface area contributed by atoms with Crippen molar-refractivity contribution in [1.29, 1.82) is 0 Å². The Bertz CT molecular complexity index is 571. The third kappa shape index (κ3) is 3.05. The second-order valence-electron chi connectivity index (χ2n) is 4.09. The van der Waals surface area contributed by atoms with Crippen LogP contribution in [-0.2, 0) is 0 Å². The average Bonchev–Trinajstić information content (AvgIpc) is 2.89. The van der Waals surface area contributed by atoms with Crippen molar-refractivity contribution in [3.05, 3.63) is 44.5 Å². The minimum absolute atomic E-state index is 0.0350. The highest BCUT2D eigenvalue weighted by atomic mass is 32.1. The molecule has 19 heavy (non-hydrogen) atoms. The maximum atomic E-state index is 10.7. The molecule has 1 atom stereocenters. The summed E-state index contributed by atoms with van der Waals surface area (Å²) in [6.45, 7) is 3.76. The third-order valence-corrected chi connectivity index (χ3v) is 3.65. The van der Waals surface area contributed by atoms with Crippen LogP contribution in [-0.4, -0.2) is 14.9 Å². The van der Waals surface area contributed by atoms with Gasteiger partial charge in [0.05, 0.1) is 11.0 Å². The summed E-state index contributed by atoms with van der Waals surface area (Å²) < 4.78 is 0. The molecule has 0 radical (unpaired) electrons. The Labute approximate surface area is 114 Å². The van der Waals surface area contributed by atoms with Crippen molar-refractivity contribution in [2.24, 2.45) is 0 Å². The standard InChI is InChI=1S/C12H14N4O2S/c1-3-9(12-13-4-5-19-12)15-11-6-8(2)10(7-14-11)16(17)18/h4-7,9H,3H2,1-2H3,(H,14,15). The minimum atomic E-state index is -0.426. The fourth-order valence-corrected chi connectivity index (χ4v) is 2.52. The number of nitro groups is 1. The van der Waals surface area contributed by atoms with Crippen molar-refractivity contribution in [1.82, 2.24) is 9.97 Å². The predicted molar refractivity (Wildman–Crippen MR) is 74.4 cm³/mol. The van der Waals surface area contributed by atoms with Crippen molar-refractivity contribution in [3.8, 4) is 0 Å². The van der Waals surface area contributed by atoms with Gasteiger partial charge in [0.25, 0.3) is 5.69 Å². The van der Waals surface area contributed by atoms with Gasteiger partial charge in [0.2, 0.25) is 0 Å². The van der Waals surface area contributed by atoms with E-state index in [0.29, 0.717) is 11.4 Å². The normalized spacial score (nSPS) is 12.1. The number of pyridine rings is 1. The van der Waals surface area contributed by atoms with Crippen molar-refractivity contribution in [2.75, 3.05) is 5.32 Å². The number of aromatic nitrogens is 2. The molecule has 2 rings (SSSR count). The maximum absolute atomic E-state index is 10.7. The first-order valence-corrected chi connectivity index (χ1v) is 6.76. The molecular formula is C12H14N4O2S. The van der Waals surface area contributed by atoms with E-state index in [-0.39, 0.29) is 11.7 Å². The van der Waals surface area contributed by atoms with Crippen molar-refractivity contribution >= 4 is 22.8 Å². The molecule has 0 aliphatic carbocycles. The molecule has 0 fully saturated rings. The molecule has 1 unspecified atom stereocenters. The fourth-order valence-electron chi connectivity index (χ4n) is 1.74. The summed E-state index contributed by atoms with van der Waals surface area (Å²) in [6.07, 6.45) is 3.91. The Balaban J connectivity index is 2.19. The van der Waals surface area contributed by atoms with E-state index >= 15 is 0 Å². The van der Waals surface area contributed by atoms with Crippen LogP contribution in [0.4, 0.5) is 11.5 Å². The van der Waals surface area contributed by atoms with Gasteiger partial charge in [-0.1, -0.05) is 6.92 Å². The molecule has 0 saturated carbocycles. The molecule has 100 valence electrons. The van der Waals surface area contributed by atoms with Gasteiger partial charge in [-0.25, -0.2) is 9.97 Å². The monoisotopic (exact) mass is 278 g/mol. The maximum Gasteiger partial charge on any atom is 0.290 e. The number of nitrogens with one attached hydrogen (secondary N) is 1. The Kier molecular flexibility index (Phi) is 4.06. The van der Waals surface area contributed by atoms with Gasteiger partial charge in [-0.05, 0) is 19.4 Å². The Morgan fingerprint density at radius 3 is 2.84 bits per heavy atom. The molecule has 0 amide bonds. The van der Waals surface area contributed by atoms with E-state index in [0.717, 1.165) is 11.4 Å². The van der Waals surface area contributed by atoms with Gasteiger partial charge in [0, 0.05) is 17.1 Å². The number of rotatable bonds is 5. The van der Waals surface area contributed by atoms with E-state index in [1.807, 2.05) is 5.38 Å². The van der Waals surface area contributed by atoms with Crippen LogP contribution in [0.15, 0.2) is 23.8 Å². The van der Waals surface area contributed by atoms with Crippen molar-refractivity contribution < 1.29 is 4.92 Å². The van der Waals surface area contributed by atoms with Gasteiger partial charge in [-0.2, -0.15) is 0 Å². The summed E-state index contributed by atoms with van der Waals surface area (Å²) in [6, 6.07) is 1.77. The molecule has 2 heterocycles. The zero-order valence-electron chi connectivity index (χ0n) is 10.7. The van der Waals surface area contributed by atoms with E-state index < -0.39 is 4.92 Å². The number of hydrogen-bond acceptors (Lipinski definition) is 6. The van der Waals surface area contributed by atoms with Gasteiger partial charge in [0.15, 0.2) is 0 Å². The van der Waals surface area contributed by atoms with E-state index in [2.05, 4.69) is 22.2 Å². The number of nitrogens with zero attached hydrogens (tertiary/aromatic N) is 3. The molecular weight excluding hydrogens is 264 g/mol. The largest absolute Gasteiger partial charge is 0.361 e. The first-order chi connectivity index (χ1) is 9.11. The van der Waals surface area contributed by atoms with Gasteiger partial charge < -0.3 is 5.32 Å². The summed E-state index contributed by atoms with van der Waals surface area (Å²) in [4.78, 5) is 18.7. The molecule has 0 aliphatic rings. The Hall–Kier alpha value is -2.02. The Morgan fingerprint density at radius 2 is 2.32 bits per heavy atom. The second kappa shape index (κ2) is 5.75. The summed E-state index contributed by atoms with van der Waals surface area (Å²) >= 11 is 1.58. The fraction of sp³-hybridized carbons (Fsp3) is 0.333. The van der Waals surface area contributed by atoms with Crippen LogP contribution in [0.2, 0.25) is 0 Å². The first-order valence-electron chi connectivity index (χ1n) is 5.88. The second-order valence-corrected chi connectivity index (χ2v) is 5.01. The van der Waals surface area contributed by atoms with Gasteiger partial charge in [-0.15, -0.1) is 11.3 Å². The van der Waals surface area contributed by atoms with E-state index in [4.69, 9.17) is 0 Å². The first kappa shape index (κ1) is 13.4. The highest BCUT2D eigenvalue weighted by Crippen LogP contribution is 2.25. The van der Waals surface area contributed by atoms with Crippen LogP contribution in [0.3, 0.4) is 0 Å². The molecule has 6 nitrogen and oxygen atoms in total. The summed E-state index contributed by atoms with van der Waals surface area (Å²) in [5.41, 5.74) is 0.629. The molecule has 2 aromatic rings. The highest BCUT2D eigenvalue weighted by molar-refractivity contribution is 7.09. The average molecular weight is 278 g/mol. The molecule has 1 N–H and O–H groups in total. The van der Waals surface area contributed by atoms with Crippen LogP contribution >= 0.6 is 11.3 Å². The zero-order valence-corrected chi connectivity index (χ0v) is 11.5. The molecule has 0 saturated heterocycles. The lowest BCUT2D eigenvalue weighted by Crippen LogP contribution is -2.10. The lowest BCUT2D eigenvalue weighted by Gasteiger charge is -2.15.